The number of hydrogen-bond donors (Lipinski definition) is 0. The Bertz CT molecular complexity index is 787. The summed E-state index contributed by atoms with van der Waals surface area (Å²) < 4.78 is 36.7. The number of nitrogens with zero attached hydrogens (tertiary/aromatic N) is 3. The molecule has 3 fully saturated rings. The molecule has 1 aliphatic carbocycles. The summed E-state index contributed by atoms with van der Waals surface area (Å²) in [5.41, 5.74) is 0.998. The van der Waals surface area contributed by atoms with Crippen molar-refractivity contribution in [2.24, 2.45) is 0 Å². The van der Waals surface area contributed by atoms with Crippen molar-refractivity contribution in [2.75, 3.05) is 49.1 Å². The van der Waals surface area contributed by atoms with Crippen molar-refractivity contribution in [3.05, 3.63) is 30.1 Å². The van der Waals surface area contributed by atoms with E-state index in [2.05, 4.69) is 9.80 Å². The molecule has 2 aliphatic heterocycles. The highest BCUT2D eigenvalue weighted by molar-refractivity contribution is 7.91. The summed E-state index contributed by atoms with van der Waals surface area (Å²) in [4.78, 5) is 19.1. The maximum atomic E-state index is 13.1. The molecule has 0 N–H and O–H groups in total. The number of amides is 1. The molecule has 8 heteroatoms. The van der Waals surface area contributed by atoms with E-state index < -0.39 is 9.84 Å². The van der Waals surface area contributed by atoms with E-state index in [1.165, 1.54) is 12.1 Å². The van der Waals surface area contributed by atoms with Crippen LogP contribution in [0.4, 0.5) is 10.1 Å². The molecule has 27 heavy (non-hydrogen) atoms. The van der Waals surface area contributed by atoms with Gasteiger partial charge in [0.1, 0.15) is 5.82 Å². The van der Waals surface area contributed by atoms with Gasteiger partial charge in [-0.05, 0) is 43.5 Å². The fourth-order valence-electron chi connectivity index (χ4n) is 4.14. The second-order valence-electron chi connectivity index (χ2n) is 7.83. The summed E-state index contributed by atoms with van der Waals surface area (Å²) in [7, 11) is -2.99. The van der Waals surface area contributed by atoms with E-state index >= 15 is 0 Å². The topological polar surface area (TPSA) is 60.9 Å². The van der Waals surface area contributed by atoms with Crippen LogP contribution < -0.4 is 4.90 Å². The number of carbonyl (C=O) groups excluding carboxylic acids is 1. The van der Waals surface area contributed by atoms with Crippen LogP contribution >= 0.6 is 0 Å². The van der Waals surface area contributed by atoms with Gasteiger partial charge in [0.2, 0.25) is 5.91 Å². The van der Waals surface area contributed by atoms with Gasteiger partial charge in [0.25, 0.3) is 0 Å². The summed E-state index contributed by atoms with van der Waals surface area (Å²) in [5, 5.41) is 0. The standard InChI is InChI=1S/C19H26FN3O3S/c20-15-1-3-16(4-2-15)22-10-8-21(9-11-22)13-19(24)23(17-5-6-17)18-7-12-27(25,26)14-18/h1-4,17-18H,5-14H2/t18-/m0/s1. The molecule has 2 heterocycles. The number of sulfone groups is 1. The summed E-state index contributed by atoms with van der Waals surface area (Å²) in [6.45, 7) is 3.47. The summed E-state index contributed by atoms with van der Waals surface area (Å²) in [6.07, 6.45) is 2.55. The molecule has 1 aromatic carbocycles. The predicted octanol–water partition coefficient (Wildman–Crippen LogP) is 1.13. The lowest BCUT2D eigenvalue weighted by Crippen LogP contribution is -2.52. The molecule has 0 bridgehead atoms. The molecule has 4 rings (SSSR count). The Hall–Kier alpha value is -1.67. The zero-order valence-corrected chi connectivity index (χ0v) is 16.2. The van der Waals surface area contributed by atoms with Gasteiger partial charge in [-0.3, -0.25) is 9.69 Å². The van der Waals surface area contributed by atoms with E-state index in [4.69, 9.17) is 0 Å². The third kappa shape index (κ3) is 4.43. The Balaban J connectivity index is 1.32. The highest BCUT2D eigenvalue weighted by atomic mass is 32.2. The molecule has 6 nitrogen and oxygen atoms in total. The van der Waals surface area contributed by atoms with Crippen molar-refractivity contribution in [3.63, 3.8) is 0 Å². The van der Waals surface area contributed by atoms with Crippen LogP contribution in [0.1, 0.15) is 19.3 Å². The van der Waals surface area contributed by atoms with Crippen LogP contribution in [0.5, 0.6) is 0 Å². The average Bonchev–Trinajstić information content (AvgIpc) is 3.39. The number of halogens is 1. The van der Waals surface area contributed by atoms with Crippen molar-refractivity contribution in [1.29, 1.82) is 0 Å². The monoisotopic (exact) mass is 395 g/mol. The highest BCUT2D eigenvalue weighted by Gasteiger charge is 2.42. The Morgan fingerprint density at radius 2 is 1.70 bits per heavy atom. The third-order valence-corrected chi connectivity index (χ3v) is 7.50. The Labute approximate surface area is 159 Å². The van der Waals surface area contributed by atoms with Gasteiger partial charge >= 0.3 is 0 Å². The van der Waals surface area contributed by atoms with Crippen LogP contribution in [0.2, 0.25) is 0 Å². The molecule has 0 spiro atoms. The van der Waals surface area contributed by atoms with Crippen LogP contribution in [0.15, 0.2) is 24.3 Å². The van der Waals surface area contributed by atoms with Crippen molar-refractivity contribution in [2.45, 2.75) is 31.3 Å². The minimum absolute atomic E-state index is 0.0647. The van der Waals surface area contributed by atoms with Gasteiger partial charge in [-0.1, -0.05) is 0 Å². The zero-order chi connectivity index (χ0) is 19.0. The molecule has 0 radical (unpaired) electrons. The lowest BCUT2D eigenvalue weighted by molar-refractivity contribution is -0.135. The smallest absolute Gasteiger partial charge is 0.237 e. The number of hydrogen-bond acceptors (Lipinski definition) is 5. The van der Waals surface area contributed by atoms with Crippen LogP contribution in [0, 0.1) is 5.82 Å². The number of carbonyl (C=O) groups is 1. The summed E-state index contributed by atoms with van der Waals surface area (Å²) in [5.74, 6) is 0.143. The molecule has 0 aromatic heterocycles. The second kappa shape index (κ2) is 7.39. The van der Waals surface area contributed by atoms with E-state index in [1.807, 2.05) is 4.90 Å². The molecule has 1 aromatic rings. The zero-order valence-electron chi connectivity index (χ0n) is 15.4. The first kappa shape index (κ1) is 18.7. The fraction of sp³-hybridized carbons (Fsp3) is 0.632. The van der Waals surface area contributed by atoms with Gasteiger partial charge in [-0.2, -0.15) is 0 Å². The van der Waals surface area contributed by atoms with Gasteiger partial charge < -0.3 is 9.80 Å². The third-order valence-electron chi connectivity index (χ3n) is 5.75. The van der Waals surface area contributed by atoms with Crippen molar-refractivity contribution in [3.8, 4) is 0 Å². The Morgan fingerprint density at radius 3 is 2.26 bits per heavy atom. The van der Waals surface area contributed by atoms with Crippen LogP contribution in [-0.4, -0.2) is 80.4 Å². The van der Waals surface area contributed by atoms with Crippen LogP contribution in [-0.2, 0) is 14.6 Å². The lowest BCUT2D eigenvalue weighted by Gasteiger charge is -2.37. The molecule has 2 saturated heterocycles. The highest BCUT2D eigenvalue weighted by Crippen LogP contribution is 2.32. The number of rotatable bonds is 5. The minimum atomic E-state index is -2.99. The van der Waals surface area contributed by atoms with Crippen LogP contribution in [0.3, 0.4) is 0 Å². The quantitative estimate of drug-likeness (QED) is 0.748. The van der Waals surface area contributed by atoms with Gasteiger partial charge in [0, 0.05) is 44.0 Å². The van der Waals surface area contributed by atoms with Crippen molar-refractivity contribution >= 4 is 21.4 Å². The molecule has 3 aliphatic rings. The average molecular weight is 396 g/mol. The molecular weight excluding hydrogens is 369 g/mol. The minimum Gasteiger partial charge on any atom is -0.369 e. The second-order valence-corrected chi connectivity index (χ2v) is 10.1. The SMILES string of the molecule is O=C(CN1CCN(c2ccc(F)cc2)CC1)N(C1CC1)[C@H]1CCS(=O)(=O)C1. The van der Waals surface area contributed by atoms with E-state index in [-0.39, 0.29) is 35.3 Å². The maximum Gasteiger partial charge on any atom is 0.237 e. The fourth-order valence-corrected chi connectivity index (χ4v) is 5.85. The number of piperazine rings is 1. The predicted molar refractivity (Wildman–Crippen MR) is 102 cm³/mol. The number of benzene rings is 1. The van der Waals surface area contributed by atoms with Gasteiger partial charge in [-0.15, -0.1) is 0 Å². The van der Waals surface area contributed by atoms with E-state index in [0.717, 1.165) is 44.7 Å². The molecule has 0 unspecified atom stereocenters. The van der Waals surface area contributed by atoms with Gasteiger partial charge in [0.05, 0.1) is 18.1 Å². The molecule has 148 valence electrons. The van der Waals surface area contributed by atoms with Gasteiger partial charge in [-0.25, -0.2) is 12.8 Å². The number of anilines is 1. The molecule has 1 saturated carbocycles. The van der Waals surface area contributed by atoms with Crippen molar-refractivity contribution in [1.82, 2.24) is 9.80 Å². The van der Waals surface area contributed by atoms with E-state index in [0.29, 0.717) is 13.0 Å². The first-order valence-electron chi connectivity index (χ1n) is 9.66. The van der Waals surface area contributed by atoms with Crippen molar-refractivity contribution < 1.29 is 17.6 Å². The molecule has 1 amide bonds. The maximum absolute atomic E-state index is 13.1. The first-order chi connectivity index (χ1) is 12.9. The van der Waals surface area contributed by atoms with Crippen LogP contribution in [0.25, 0.3) is 0 Å². The lowest BCUT2D eigenvalue weighted by atomic mass is 10.2. The molecular formula is C19H26FN3O3S. The molecule has 1 atom stereocenters. The van der Waals surface area contributed by atoms with E-state index in [1.54, 1.807) is 12.1 Å². The largest absolute Gasteiger partial charge is 0.369 e. The normalized spacial score (nSPS) is 25.5. The van der Waals surface area contributed by atoms with Gasteiger partial charge in [0.15, 0.2) is 9.84 Å². The first-order valence-corrected chi connectivity index (χ1v) is 11.5. The Morgan fingerprint density at radius 1 is 1.04 bits per heavy atom. The Kier molecular flexibility index (Phi) is 5.11. The summed E-state index contributed by atoms with van der Waals surface area (Å²) in [6, 6.07) is 6.59. The van der Waals surface area contributed by atoms with E-state index in [9.17, 15) is 17.6 Å². The summed E-state index contributed by atoms with van der Waals surface area (Å²) >= 11 is 0.